The predicted molar refractivity (Wildman–Crippen MR) is 47.4 cm³/mol. The lowest BCUT2D eigenvalue weighted by molar-refractivity contribution is -0.437. The van der Waals surface area contributed by atoms with E-state index in [0.717, 1.165) is 0 Å². The maximum absolute atomic E-state index is 10.4. The summed E-state index contributed by atoms with van der Waals surface area (Å²) in [4.78, 5) is 9.71. The van der Waals surface area contributed by atoms with Crippen LogP contribution < -0.4 is 5.32 Å². The van der Waals surface area contributed by atoms with E-state index >= 15 is 0 Å². The molecule has 0 spiro atoms. The smallest absolute Gasteiger partial charge is 0.313 e. The fourth-order valence-electron chi connectivity index (χ4n) is 1.03. The minimum atomic E-state index is -1.32. The van der Waals surface area contributed by atoms with Gasteiger partial charge in [-0.2, -0.15) is 0 Å². The summed E-state index contributed by atoms with van der Waals surface area (Å²) >= 11 is 5.61. The molecule has 1 aliphatic rings. The summed E-state index contributed by atoms with van der Waals surface area (Å²) in [6, 6.07) is 0. The molecule has 1 rings (SSSR count). The normalized spacial score (nSPS) is 22.4. The largest absolute Gasteiger partial charge is 0.364 e. The van der Waals surface area contributed by atoms with Crippen LogP contribution in [0.4, 0.5) is 0 Å². The molecule has 1 aliphatic heterocycles. The molecule has 2 N–H and O–H groups in total. The van der Waals surface area contributed by atoms with E-state index in [4.69, 9.17) is 11.6 Å². The van der Waals surface area contributed by atoms with E-state index in [1.165, 1.54) is 6.08 Å². The average molecular weight is 205 g/mol. The van der Waals surface area contributed by atoms with Gasteiger partial charge in [0.05, 0.1) is 4.92 Å². The van der Waals surface area contributed by atoms with Crippen LogP contribution in [-0.2, 0) is 0 Å². The van der Waals surface area contributed by atoms with Crippen molar-refractivity contribution in [2.75, 3.05) is 0 Å². The second-order valence-corrected chi connectivity index (χ2v) is 2.97. The molecule has 0 aromatic heterocycles. The summed E-state index contributed by atoms with van der Waals surface area (Å²) in [7, 11) is 0. The molecule has 5 nitrogen and oxygen atoms in total. The third-order valence-corrected chi connectivity index (χ3v) is 2.01. The maximum Gasteiger partial charge on any atom is 0.313 e. The highest BCUT2D eigenvalue weighted by molar-refractivity contribution is 6.31. The van der Waals surface area contributed by atoms with Crippen LogP contribution in [0.1, 0.15) is 13.3 Å². The van der Waals surface area contributed by atoms with Gasteiger partial charge < -0.3 is 10.4 Å². The quantitative estimate of drug-likeness (QED) is 0.518. The van der Waals surface area contributed by atoms with Gasteiger partial charge in [0.25, 0.3) is 0 Å². The van der Waals surface area contributed by atoms with Gasteiger partial charge in [-0.15, -0.1) is 0 Å². The Kier molecular flexibility index (Phi) is 2.90. The lowest BCUT2D eigenvalue weighted by Gasteiger charge is -2.18. The Hall–Kier alpha value is -1.07. The zero-order chi connectivity index (χ0) is 10.0. The summed E-state index contributed by atoms with van der Waals surface area (Å²) in [5, 5.41) is 22.2. The molecule has 1 unspecified atom stereocenters. The third kappa shape index (κ3) is 1.99. The van der Waals surface area contributed by atoms with Gasteiger partial charge in [0.1, 0.15) is 5.03 Å². The SMILES string of the molecule is CCC1=CC(Cl)=C([N+](=O)[O-])C(O)N1. The molecule has 72 valence electrons. The van der Waals surface area contributed by atoms with Crippen LogP contribution in [0.25, 0.3) is 0 Å². The number of hydrogen-bond acceptors (Lipinski definition) is 4. The molecule has 1 atom stereocenters. The molecule has 0 aromatic rings. The second-order valence-electron chi connectivity index (χ2n) is 2.56. The first-order valence-corrected chi connectivity index (χ1v) is 4.13. The highest BCUT2D eigenvalue weighted by atomic mass is 35.5. The maximum atomic E-state index is 10.4. The van der Waals surface area contributed by atoms with Crippen LogP contribution in [0.15, 0.2) is 22.5 Å². The number of allylic oxidation sites excluding steroid dienone is 3. The molecule has 0 radical (unpaired) electrons. The highest BCUT2D eigenvalue weighted by Crippen LogP contribution is 2.21. The van der Waals surface area contributed by atoms with Crippen molar-refractivity contribution in [2.24, 2.45) is 0 Å². The number of nitrogens with zero attached hydrogens (tertiary/aromatic N) is 1. The minimum absolute atomic E-state index is 0.0203. The van der Waals surface area contributed by atoms with E-state index in [9.17, 15) is 15.2 Å². The first-order valence-electron chi connectivity index (χ1n) is 3.75. The summed E-state index contributed by atoms with van der Waals surface area (Å²) in [5.41, 5.74) is 0.280. The molecule has 0 bridgehead atoms. The molecular weight excluding hydrogens is 196 g/mol. The molecule has 1 heterocycles. The van der Waals surface area contributed by atoms with Crippen molar-refractivity contribution in [1.82, 2.24) is 5.32 Å². The van der Waals surface area contributed by atoms with Gasteiger partial charge in [-0.25, -0.2) is 0 Å². The molecule has 13 heavy (non-hydrogen) atoms. The third-order valence-electron chi connectivity index (χ3n) is 1.70. The van der Waals surface area contributed by atoms with Gasteiger partial charge in [-0.05, 0) is 12.5 Å². The van der Waals surface area contributed by atoms with Crippen molar-refractivity contribution in [3.63, 3.8) is 0 Å². The zero-order valence-electron chi connectivity index (χ0n) is 6.95. The van der Waals surface area contributed by atoms with Crippen LogP contribution >= 0.6 is 11.6 Å². The molecule has 6 heteroatoms. The van der Waals surface area contributed by atoms with E-state index < -0.39 is 16.8 Å². The van der Waals surface area contributed by atoms with Gasteiger partial charge in [0.2, 0.25) is 6.23 Å². The molecule has 0 aromatic carbocycles. The number of dihydropyridines is 1. The number of aliphatic hydroxyl groups is 1. The van der Waals surface area contributed by atoms with Crippen molar-refractivity contribution in [3.05, 3.63) is 32.6 Å². The molecular formula is C7H9ClN2O3. The molecule has 0 saturated heterocycles. The van der Waals surface area contributed by atoms with E-state index in [2.05, 4.69) is 5.32 Å². The molecule has 0 amide bonds. The first-order chi connectivity index (χ1) is 6.06. The summed E-state index contributed by atoms with van der Waals surface area (Å²) in [5.74, 6) is 0. The van der Waals surface area contributed by atoms with E-state index in [0.29, 0.717) is 12.1 Å². The van der Waals surface area contributed by atoms with Crippen LogP contribution in [0.5, 0.6) is 0 Å². The van der Waals surface area contributed by atoms with Crippen molar-refractivity contribution >= 4 is 11.6 Å². The fraction of sp³-hybridized carbons (Fsp3) is 0.429. The summed E-state index contributed by atoms with van der Waals surface area (Å²) < 4.78 is 0. The Morgan fingerprint density at radius 3 is 2.85 bits per heavy atom. The highest BCUT2D eigenvalue weighted by Gasteiger charge is 2.29. The predicted octanol–water partition coefficient (Wildman–Crippen LogP) is 0.929. The van der Waals surface area contributed by atoms with Crippen molar-refractivity contribution in [1.29, 1.82) is 0 Å². The van der Waals surface area contributed by atoms with Crippen LogP contribution in [0, 0.1) is 10.1 Å². The number of hydrogen-bond donors (Lipinski definition) is 2. The standard InChI is InChI=1S/C7H9ClN2O3/c1-2-4-3-5(8)6(10(12)13)7(11)9-4/h3,7,9,11H,2H2,1H3. The Morgan fingerprint density at radius 1 is 1.85 bits per heavy atom. The van der Waals surface area contributed by atoms with Crippen LogP contribution in [0.3, 0.4) is 0 Å². The average Bonchev–Trinajstić information content (AvgIpc) is 2.02. The molecule has 0 fully saturated rings. The van der Waals surface area contributed by atoms with Gasteiger partial charge >= 0.3 is 5.70 Å². The van der Waals surface area contributed by atoms with Crippen molar-refractivity contribution < 1.29 is 10.0 Å². The lowest BCUT2D eigenvalue weighted by Crippen LogP contribution is -2.35. The van der Waals surface area contributed by atoms with E-state index in [1.807, 2.05) is 6.92 Å². The lowest BCUT2D eigenvalue weighted by atomic mass is 10.2. The number of nitrogens with one attached hydrogen (secondary N) is 1. The Labute approximate surface area is 79.8 Å². The second kappa shape index (κ2) is 3.76. The summed E-state index contributed by atoms with van der Waals surface area (Å²) in [6.45, 7) is 1.85. The Bertz CT molecular complexity index is 298. The molecule has 0 aliphatic carbocycles. The van der Waals surface area contributed by atoms with E-state index in [-0.39, 0.29) is 5.03 Å². The number of nitro groups is 1. The number of aliphatic hydroxyl groups excluding tert-OH is 1. The van der Waals surface area contributed by atoms with Crippen LogP contribution in [-0.4, -0.2) is 16.3 Å². The summed E-state index contributed by atoms with van der Waals surface area (Å²) in [6.07, 6.45) is 0.771. The van der Waals surface area contributed by atoms with E-state index in [1.54, 1.807) is 0 Å². The van der Waals surface area contributed by atoms with Crippen molar-refractivity contribution in [3.8, 4) is 0 Å². The van der Waals surface area contributed by atoms with Gasteiger partial charge in [-0.1, -0.05) is 18.5 Å². The first kappa shape index (κ1) is 10.0. The van der Waals surface area contributed by atoms with Gasteiger partial charge in [-0.3, -0.25) is 10.1 Å². The number of halogens is 1. The van der Waals surface area contributed by atoms with Crippen molar-refractivity contribution in [2.45, 2.75) is 19.6 Å². The molecule has 0 saturated carbocycles. The Balaban J connectivity index is 3.04. The van der Waals surface area contributed by atoms with Crippen LogP contribution in [0.2, 0.25) is 0 Å². The van der Waals surface area contributed by atoms with Gasteiger partial charge in [0, 0.05) is 5.70 Å². The minimum Gasteiger partial charge on any atom is -0.364 e. The topological polar surface area (TPSA) is 75.4 Å². The fourth-order valence-corrected chi connectivity index (χ4v) is 1.34. The number of rotatable bonds is 2. The Morgan fingerprint density at radius 2 is 2.46 bits per heavy atom. The van der Waals surface area contributed by atoms with Gasteiger partial charge in [0.15, 0.2) is 0 Å². The zero-order valence-corrected chi connectivity index (χ0v) is 7.71. The monoisotopic (exact) mass is 204 g/mol.